The Labute approximate surface area is 181 Å². The van der Waals surface area contributed by atoms with Crippen molar-refractivity contribution < 1.29 is 19.0 Å². The quantitative estimate of drug-likeness (QED) is 0.532. The highest BCUT2D eigenvalue weighted by Gasteiger charge is 2.22. The molecule has 0 fully saturated rings. The number of amides is 1. The lowest BCUT2D eigenvalue weighted by atomic mass is 9.95. The van der Waals surface area contributed by atoms with Crippen molar-refractivity contribution in [3.05, 3.63) is 63.7 Å². The van der Waals surface area contributed by atoms with Crippen LogP contribution in [0.1, 0.15) is 33.8 Å². The first-order chi connectivity index (χ1) is 13.9. The van der Waals surface area contributed by atoms with Gasteiger partial charge in [-0.25, -0.2) is 0 Å². The van der Waals surface area contributed by atoms with Crippen LogP contribution in [-0.2, 0) is 0 Å². The number of halogens is 2. The summed E-state index contributed by atoms with van der Waals surface area (Å²) < 4.78 is 16.2. The average Bonchev–Trinajstić information content (AvgIpc) is 2.72. The highest BCUT2D eigenvalue weighted by molar-refractivity contribution is 6.42. The molecule has 0 aliphatic heterocycles. The van der Waals surface area contributed by atoms with E-state index in [0.717, 1.165) is 5.56 Å². The molecule has 0 aromatic heterocycles. The fourth-order valence-electron chi connectivity index (χ4n) is 3.15. The number of methoxy groups -OCH3 is 3. The summed E-state index contributed by atoms with van der Waals surface area (Å²) in [7, 11) is 4.56. The lowest BCUT2D eigenvalue weighted by Gasteiger charge is -2.20. The van der Waals surface area contributed by atoms with Crippen LogP contribution < -0.4 is 19.5 Å². The molecule has 29 heavy (non-hydrogen) atoms. The molecule has 0 radical (unpaired) electrons. The number of hydrogen-bond donors (Lipinski definition) is 1. The van der Waals surface area contributed by atoms with E-state index in [1.165, 1.54) is 21.3 Å². The first-order valence-corrected chi connectivity index (χ1v) is 9.77. The minimum absolute atomic E-state index is 0.00793. The van der Waals surface area contributed by atoms with E-state index in [-0.39, 0.29) is 11.8 Å². The molecule has 2 rings (SSSR count). The molecule has 156 valence electrons. The Hall–Kier alpha value is -2.37. The molecule has 5 nitrogen and oxygen atoms in total. The second-order valence-electron chi connectivity index (χ2n) is 6.42. The van der Waals surface area contributed by atoms with Gasteiger partial charge in [0.25, 0.3) is 5.91 Å². The van der Waals surface area contributed by atoms with E-state index in [4.69, 9.17) is 37.4 Å². The van der Waals surface area contributed by atoms with Gasteiger partial charge in [0.15, 0.2) is 11.5 Å². The molecule has 1 amide bonds. The third-order valence-electron chi connectivity index (χ3n) is 4.70. The highest BCUT2D eigenvalue weighted by Crippen LogP contribution is 2.41. The lowest BCUT2D eigenvalue weighted by Crippen LogP contribution is -2.29. The Morgan fingerprint density at radius 1 is 1.10 bits per heavy atom. The van der Waals surface area contributed by atoms with E-state index in [0.29, 0.717) is 51.4 Å². The van der Waals surface area contributed by atoms with Crippen LogP contribution >= 0.6 is 23.2 Å². The Bertz CT molecular complexity index is 899. The third kappa shape index (κ3) is 5.17. The molecule has 0 spiro atoms. The van der Waals surface area contributed by atoms with Crippen molar-refractivity contribution in [1.82, 2.24) is 5.32 Å². The number of nitrogens with one attached hydrogen (secondary N) is 1. The molecule has 1 N–H and O–H groups in total. The largest absolute Gasteiger partial charge is 0.493 e. The predicted octanol–water partition coefficient (Wildman–Crippen LogP) is 5.42. The normalized spacial score (nSPS) is 11.5. The van der Waals surface area contributed by atoms with Gasteiger partial charge in [-0.1, -0.05) is 35.3 Å². The maximum atomic E-state index is 12.9. The molecule has 0 heterocycles. The van der Waals surface area contributed by atoms with E-state index >= 15 is 0 Å². The third-order valence-corrected chi connectivity index (χ3v) is 5.44. The number of ether oxygens (including phenoxy) is 3. The summed E-state index contributed by atoms with van der Waals surface area (Å²) in [5.41, 5.74) is 2.09. The first kappa shape index (κ1) is 22.9. The second-order valence-corrected chi connectivity index (χ2v) is 7.24. The van der Waals surface area contributed by atoms with Gasteiger partial charge in [-0.3, -0.25) is 4.79 Å². The smallest absolute Gasteiger partial charge is 0.251 e. The van der Waals surface area contributed by atoms with Gasteiger partial charge in [-0.05, 0) is 37.1 Å². The zero-order chi connectivity index (χ0) is 21.6. The van der Waals surface area contributed by atoms with Crippen molar-refractivity contribution in [1.29, 1.82) is 0 Å². The van der Waals surface area contributed by atoms with Gasteiger partial charge in [0.05, 0.1) is 31.4 Å². The zero-order valence-electron chi connectivity index (χ0n) is 17.0. The molecular formula is C22H25Cl2NO4. The fraction of sp³-hybridized carbons (Fsp3) is 0.318. The summed E-state index contributed by atoms with van der Waals surface area (Å²) in [6.07, 6.45) is 2.48. The molecular weight excluding hydrogens is 413 g/mol. The molecule has 0 saturated carbocycles. The summed E-state index contributed by atoms with van der Waals surface area (Å²) in [4.78, 5) is 12.9. The summed E-state index contributed by atoms with van der Waals surface area (Å²) in [6, 6.07) is 7.11. The minimum Gasteiger partial charge on any atom is -0.493 e. The van der Waals surface area contributed by atoms with Crippen molar-refractivity contribution >= 4 is 29.1 Å². The summed E-state index contributed by atoms with van der Waals surface area (Å²) in [6.45, 7) is 6.01. The lowest BCUT2D eigenvalue weighted by molar-refractivity contribution is 0.0949. The number of rotatable bonds is 9. The van der Waals surface area contributed by atoms with Crippen molar-refractivity contribution in [2.45, 2.75) is 19.3 Å². The zero-order valence-corrected chi connectivity index (χ0v) is 18.5. The van der Waals surface area contributed by atoms with Gasteiger partial charge in [0, 0.05) is 23.6 Å². The van der Waals surface area contributed by atoms with Crippen molar-refractivity contribution in [3.63, 3.8) is 0 Å². The van der Waals surface area contributed by atoms with Crippen LogP contribution in [-0.4, -0.2) is 33.8 Å². The second kappa shape index (κ2) is 10.4. The Kier molecular flexibility index (Phi) is 8.23. The van der Waals surface area contributed by atoms with Gasteiger partial charge in [-0.2, -0.15) is 0 Å². The Balaban J connectivity index is 2.28. The van der Waals surface area contributed by atoms with Crippen molar-refractivity contribution in [2.75, 3.05) is 27.9 Å². The Morgan fingerprint density at radius 3 is 2.34 bits per heavy atom. The molecule has 2 aromatic carbocycles. The highest BCUT2D eigenvalue weighted by atomic mass is 35.5. The number of allylic oxidation sites excluding steroid dienone is 1. The van der Waals surface area contributed by atoms with E-state index in [1.807, 2.05) is 18.2 Å². The van der Waals surface area contributed by atoms with Gasteiger partial charge in [0.2, 0.25) is 5.75 Å². The van der Waals surface area contributed by atoms with Crippen molar-refractivity contribution in [3.8, 4) is 17.2 Å². The molecule has 0 saturated heterocycles. The summed E-state index contributed by atoms with van der Waals surface area (Å²) >= 11 is 12.2. The van der Waals surface area contributed by atoms with Gasteiger partial charge in [-0.15, -0.1) is 6.58 Å². The van der Waals surface area contributed by atoms with E-state index in [2.05, 4.69) is 11.9 Å². The van der Waals surface area contributed by atoms with E-state index in [9.17, 15) is 4.79 Å². The van der Waals surface area contributed by atoms with Crippen LogP contribution in [0.25, 0.3) is 0 Å². The molecule has 7 heteroatoms. The molecule has 0 aliphatic carbocycles. The minimum atomic E-state index is -0.240. The SMILES string of the molecule is C=CCC(CNC(=O)c1cc(OC)c(OC)c(OC)c1C)c1ccc(Cl)c(Cl)c1. The average molecular weight is 438 g/mol. The van der Waals surface area contributed by atoms with Crippen LogP contribution in [0.5, 0.6) is 17.2 Å². The maximum absolute atomic E-state index is 12.9. The molecule has 2 aromatic rings. The summed E-state index contributed by atoms with van der Waals surface area (Å²) in [5, 5.41) is 3.95. The summed E-state index contributed by atoms with van der Waals surface area (Å²) in [5.74, 6) is 1.10. The first-order valence-electron chi connectivity index (χ1n) is 9.01. The van der Waals surface area contributed by atoms with Crippen LogP contribution in [0.4, 0.5) is 0 Å². The van der Waals surface area contributed by atoms with Gasteiger partial charge >= 0.3 is 0 Å². The maximum Gasteiger partial charge on any atom is 0.251 e. The molecule has 1 unspecified atom stereocenters. The number of hydrogen-bond acceptors (Lipinski definition) is 4. The molecule has 0 aliphatic rings. The van der Waals surface area contributed by atoms with E-state index < -0.39 is 0 Å². The van der Waals surface area contributed by atoms with Crippen LogP contribution in [0.3, 0.4) is 0 Å². The van der Waals surface area contributed by atoms with Crippen molar-refractivity contribution in [2.24, 2.45) is 0 Å². The van der Waals surface area contributed by atoms with E-state index in [1.54, 1.807) is 19.1 Å². The monoisotopic (exact) mass is 437 g/mol. The standard InChI is InChI=1S/C22H25Cl2NO4/c1-6-7-15(14-8-9-17(23)18(24)10-14)12-25-22(26)16-11-19(27-3)21(29-5)20(28-4)13(16)2/h6,8-11,15H,1,7,12H2,2-5H3,(H,25,26). The Morgan fingerprint density at radius 2 is 1.79 bits per heavy atom. The number of carbonyl (C=O) groups is 1. The van der Waals surface area contributed by atoms with Crippen LogP contribution in [0.2, 0.25) is 10.0 Å². The van der Waals surface area contributed by atoms with Gasteiger partial charge in [0.1, 0.15) is 0 Å². The molecule has 0 bridgehead atoms. The van der Waals surface area contributed by atoms with Gasteiger partial charge < -0.3 is 19.5 Å². The van der Waals surface area contributed by atoms with Crippen LogP contribution in [0, 0.1) is 6.92 Å². The number of benzene rings is 2. The predicted molar refractivity (Wildman–Crippen MR) is 117 cm³/mol. The molecule has 1 atom stereocenters. The fourth-order valence-corrected chi connectivity index (χ4v) is 3.46. The van der Waals surface area contributed by atoms with Crippen LogP contribution in [0.15, 0.2) is 36.9 Å². The number of carbonyl (C=O) groups excluding carboxylic acids is 1. The topological polar surface area (TPSA) is 56.8 Å².